The Kier molecular flexibility index (Phi) is 2.73. The van der Waals surface area contributed by atoms with E-state index < -0.39 is 5.97 Å². The molecule has 0 radical (unpaired) electrons. The van der Waals surface area contributed by atoms with Crippen molar-refractivity contribution in [3.05, 3.63) is 21.4 Å². The largest absolute Gasteiger partial charge is 0.506 e. The quantitative estimate of drug-likeness (QED) is 0.342. The number of carbonyl (C=O) groups is 1. The number of azide groups is 1. The minimum Gasteiger partial charge on any atom is -0.506 e. The summed E-state index contributed by atoms with van der Waals surface area (Å²) >= 11 is 0.872. The fraction of sp³-hybridized carbons (Fsp3) is 0.167. The second kappa shape index (κ2) is 3.79. The number of hydrogen-bond acceptors (Lipinski definition) is 5. The van der Waals surface area contributed by atoms with Crippen LogP contribution in [0.15, 0.2) is 11.2 Å². The van der Waals surface area contributed by atoms with E-state index in [2.05, 4.69) is 14.8 Å². The SMILES string of the molecule is COC(=O)c1sc(N=[N+]=[N-])cc1O. The maximum absolute atomic E-state index is 10.9. The monoisotopic (exact) mass is 199 g/mol. The summed E-state index contributed by atoms with van der Waals surface area (Å²) in [5, 5.41) is 12.6. The molecular weight excluding hydrogens is 194 g/mol. The molecular formula is C6H5N3O3S. The van der Waals surface area contributed by atoms with Crippen molar-refractivity contribution in [1.29, 1.82) is 0 Å². The van der Waals surface area contributed by atoms with E-state index in [0.717, 1.165) is 11.3 Å². The molecule has 0 fully saturated rings. The van der Waals surface area contributed by atoms with Crippen molar-refractivity contribution in [2.75, 3.05) is 7.11 Å². The molecule has 0 aliphatic carbocycles. The summed E-state index contributed by atoms with van der Waals surface area (Å²) in [6, 6.07) is 1.20. The predicted octanol–water partition coefficient (Wildman–Crippen LogP) is 2.18. The maximum Gasteiger partial charge on any atom is 0.351 e. The number of hydrogen-bond donors (Lipinski definition) is 1. The number of methoxy groups -OCH3 is 1. The zero-order chi connectivity index (χ0) is 9.84. The number of rotatable bonds is 2. The van der Waals surface area contributed by atoms with Crippen LogP contribution in [-0.2, 0) is 4.74 Å². The molecule has 0 unspecified atom stereocenters. The van der Waals surface area contributed by atoms with E-state index in [1.165, 1.54) is 13.2 Å². The van der Waals surface area contributed by atoms with E-state index in [-0.39, 0.29) is 15.6 Å². The van der Waals surface area contributed by atoms with Crippen LogP contribution in [0.4, 0.5) is 5.00 Å². The Morgan fingerprint density at radius 1 is 1.85 bits per heavy atom. The first kappa shape index (κ1) is 9.37. The van der Waals surface area contributed by atoms with Gasteiger partial charge in [0.25, 0.3) is 0 Å². The van der Waals surface area contributed by atoms with Crippen molar-refractivity contribution in [3.63, 3.8) is 0 Å². The molecule has 0 spiro atoms. The molecule has 0 saturated carbocycles. The van der Waals surface area contributed by atoms with Gasteiger partial charge in [0.15, 0.2) is 4.88 Å². The van der Waals surface area contributed by atoms with Crippen molar-refractivity contribution >= 4 is 22.3 Å². The highest BCUT2D eigenvalue weighted by atomic mass is 32.1. The molecule has 0 aliphatic heterocycles. The third-order valence-corrected chi connectivity index (χ3v) is 2.20. The minimum absolute atomic E-state index is 0.0323. The molecule has 1 aromatic heterocycles. The summed E-state index contributed by atoms with van der Waals surface area (Å²) in [5.74, 6) is -0.888. The molecule has 1 aromatic rings. The van der Waals surface area contributed by atoms with Crippen molar-refractivity contribution in [1.82, 2.24) is 0 Å². The molecule has 1 heterocycles. The van der Waals surface area contributed by atoms with E-state index in [1.807, 2.05) is 0 Å². The molecule has 0 amide bonds. The number of esters is 1. The Balaban J connectivity index is 3.09. The van der Waals surface area contributed by atoms with E-state index in [0.29, 0.717) is 0 Å². The second-order valence-corrected chi connectivity index (χ2v) is 3.01. The lowest BCUT2D eigenvalue weighted by atomic mass is 10.4. The summed E-state index contributed by atoms with van der Waals surface area (Å²) in [6.45, 7) is 0. The van der Waals surface area contributed by atoms with Gasteiger partial charge in [0.05, 0.1) is 12.1 Å². The molecule has 6 nitrogen and oxygen atoms in total. The smallest absolute Gasteiger partial charge is 0.351 e. The van der Waals surface area contributed by atoms with Gasteiger partial charge >= 0.3 is 5.97 Å². The van der Waals surface area contributed by atoms with Gasteiger partial charge in [-0.3, -0.25) is 0 Å². The highest BCUT2D eigenvalue weighted by molar-refractivity contribution is 7.18. The number of carbonyl (C=O) groups excluding carboxylic acids is 1. The van der Waals surface area contributed by atoms with Gasteiger partial charge in [-0.1, -0.05) is 0 Å². The van der Waals surface area contributed by atoms with Crippen LogP contribution in [0.2, 0.25) is 0 Å². The van der Waals surface area contributed by atoms with Crippen LogP contribution in [-0.4, -0.2) is 18.2 Å². The lowest BCUT2D eigenvalue weighted by molar-refractivity contribution is 0.0603. The van der Waals surface area contributed by atoms with E-state index in [9.17, 15) is 9.90 Å². The maximum atomic E-state index is 10.9. The lowest BCUT2D eigenvalue weighted by Crippen LogP contribution is -1.97. The van der Waals surface area contributed by atoms with Crippen molar-refractivity contribution in [3.8, 4) is 5.75 Å². The van der Waals surface area contributed by atoms with Gasteiger partial charge in [-0.05, 0) is 10.6 Å². The first-order valence-corrected chi connectivity index (χ1v) is 3.97. The summed E-state index contributed by atoms with van der Waals surface area (Å²) in [5.41, 5.74) is 8.08. The average molecular weight is 199 g/mol. The number of aromatic hydroxyl groups is 1. The van der Waals surface area contributed by atoms with Crippen LogP contribution in [0.1, 0.15) is 9.67 Å². The molecule has 1 rings (SSSR count). The standard InChI is InChI=1S/C6H5N3O3S/c1-12-6(11)5-3(10)2-4(13-5)8-9-7/h2,10H,1H3. The highest BCUT2D eigenvalue weighted by Crippen LogP contribution is 2.34. The zero-order valence-electron chi connectivity index (χ0n) is 6.59. The number of nitrogens with zero attached hydrogens (tertiary/aromatic N) is 3. The Labute approximate surface area is 77.0 Å². The Morgan fingerprint density at radius 3 is 3.08 bits per heavy atom. The molecule has 13 heavy (non-hydrogen) atoms. The van der Waals surface area contributed by atoms with Crippen LogP contribution in [0, 0.1) is 0 Å². The van der Waals surface area contributed by atoms with Gasteiger partial charge < -0.3 is 9.84 Å². The van der Waals surface area contributed by atoms with Crippen LogP contribution in [0.3, 0.4) is 0 Å². The molecule has 7 heteroatoms. The van der Waals surface area contributed by atoms with Gasteiger partial charge in [-0.15, -0.1) is 11.3 Å². The Morgan fingerprint density at radius 2 is 2.54 bits per heavy atom. The fourth-order valence-corrected chi connectivity index (χ4v) is 1.49. The van der Waals surface area contributed by atoms with Gasteiger partial charge in [0, 0.05) is 11.0 Å². The van der Waals surface area contributed by atoms with Gasteiger partial charge in [-0.2, -0.15) is 0 Å². The average Bonchev–Trinajstić information content (AvgIpc) is 2.46. The zero-order valence-corrected chi connectivity index (χ0v) is 7.41. The van der Waals surface area contributed by atoms with Crippen molar-refractivity contribution < 1.29 is 14.6 Å². The van der Waals surface area contributed by atoms with Crippen molar-refractivity contribution in [2.45, 2.75) is 0 Å². The van der Waals surface area contributed by atoms with Crippen molar-refractivity contribution in [2.24, 2.45) is 5.11 Å². The van der Waals surface area contributed by atoms with Gasteiger partial charge in [0.1, 0.15) is 5.75 Å². The van der Waals surface area contributed by atoms with E-state index >= 15 is 0 Å². The van der Waals surface area contributed by atoms with Gasteiger partial charge in [-0.25, -0.2) is 4.79 Å². The molecule has 0 atom stereocenters. The number of ether oxygens (including phenoxy) is 1. The lowest BCUT2D eigenvalue weighted by Gasteiger charge is -1.93. The predicted molar refractivity (Wildman–Crippen MR) is 46.1 cm³/mol. The Hall–Kier alpha value is -1.72. The second-order valence-electron chi connectivity index (χ2n) is 1.98. The Bertz CT molecular complexity index is 380. The van der Waals surface area contributed by atoms with Gasteiger partial charge in [0.2, 0.25) is 0 Å². The van der Waals surface area contributed by atoms with Crippen LogP contribution >= 0.6 is 11.3 Å². The molecule has 1 N–H and O–H groups in total. The molecule has 0 aliphatic rings. The first-order chi connectivity index (χ1) is 6.19. The summed E-state index contributed by atoms with van der Waals surface area (Å²) in [6.07, 6.45) is 0. The minimum atomic E-state index is -0.651. The van der Waals surface area contributed by atoms with Crippen LogP contribution in [0.25, 0.3) is 10.4 Å². The summed E-state index contributed by atoms with van der Waals surface area (Å²) in [4.78, 5) is 13.5. The molecule has 0 bridgehead atoms. The summed E-state index contributed by atoms with van der Waals surface area (Å²) in [7, 11) is 1.20. The van der Waals surface area contributed by atoms with E-state index in [1.54, 1.807) is 0 Å². The van der Waals surface area contributed by atoms with E-state index in [4.69, 9.17) is 5.53 Å². The topological polar surface area (TPSA) is 95.3 Å². The molecule has 0 aromatic carbocycles. The first-order valence-electron chi connectivity index (χ1n) is 3.15. The normalized spacial score (nSPS) is 9.00. The van der Waals surface area contributed by atoms with Crippen LogP contribution < -0.4 is 0 Å². The van der Waals surface area contributed by atoms with Crippen LogP contribution in [0.5, 0.6) is 5.75 Å². The fourth-order valence-electron chi connectivity index (χ4n) is 0.701. The molecule has 0 saturated heterocycles. The number of thiophene rings is 1. The summed E-state index contributed by atoms with van der Waals surface area (Å²) < 4.78 is 4.39. The molecule has 68 valence electrons. The third kappa shape index (κ3) is 1.90. The highest BCUT2D eigenvalue weighted by Gasteiger charge is 2.15. The third-order valence-electron chi connectivity index (χ3n) is 1.21.